The summed E-state index contributed by atoms with van der Waals surface area (Å²) in [4.78, 5) is 16.3. The second kappa shape index (κ2) is 3.94. The van der Waals surface area contributed by atoms with E-state index in [4.69, 9.17) is 11.0 Å². The lowest BCUT2D eigenvalue weighted by Crippen LogP contribution is -1.92. The average Bonchev–Trinajstić information content (AvgIpc) is 2.70. The number of nitrogens with one attached hydrogen (secondary N) is 1. The lowest BCUT2D eigenvalue weighted by Gasteiger charge is -1.96. The number of aromatic amines is 1. The molecule has 7 nitrogen and oxygen atoms in total. The van der Waals surface area contributed by atoms with Crippen LogP contribution in [0.25, 0.3) is 11.1 Å². The van der Waals surface area contributed by atoms with Gasteiger partial charge in [0.25, 0.3) is 0 Å². The van der Waals surface area contributed by atoms with E-state index in [1.54, 1.807) is 6.20 Å². The maximum absolute atomic E-state index is 10.4. The van der Waals surface area contributed by atoms with Crippen molar-refractivity contribution in [2.75, 3.05) is 5.73 Å². The highest BCUT2D eigenvalue weighted by molar-refractivity contribution is 5.75. The van der Waals surface area contributed by atoms with Crippen molar-refractivity contribution in [2.24, 2.45) is 0 Å². The minimum Gasteiger partial charge on any atom is -0.384 e. The molecule has 2 aromatic rings. The normalized spacial score (nSPS) is 9.82. The summed E-state index contributed by atoms with van der Waals surface area (Å²) in [5.74, 6) is 0.0246. The van der Waals surface area contributed by atoms with Crippen LogP contribution in [0.15, 0.2) is 24.5 Å². The van der Waals surface area contributed by atoms with E-state index in [2.05, 4.69) is 9.97 Å². The highest BCUT2D eigenvalue weighted by Gasteiger charge is 2.13. The number of nitro groups is 1. The zero-order valence-corrected chi connectivity index (χ0v) is 8.54. The second-order valence-electron chi connectivity index (χ2n) is 3.27. The third-order valence-electron chi connectivity index (χ3n) is 2.27. The van der Waals surface area contributed by atoms with Gasteiger partial charge in [-0.3, -0.25) is 0 Å². The molecule has 2 heterocycles. The summed E-state index contributed by atoms with van der Waals surface area (Å²) >= 11 is 0. The van der Waals surface area contributed by atoms with E-state index in [1.807, 2.05) is 6.07 Å². The summed E-state index contributed by atoms with van der Waals surface area (Å²) in [6, 6.07) is 4.76. The smallest absolute Gasteiger partial charge is 0.363 e. The van der Waals surface area contributed by atoms with Gasteiger partial charge in [0.1, 0.15) is 23.6 Å². The van der Waals surface area contributed by atoms with Gasteiger partial charge >= 0.3 is 5.82 Å². The van der Waals surface area contributed by atoms with Gasteiger partial charge in [0.15, 0.2) is 0 Å². The topological polar surface area (TPSA) is 122 Å². The molecule has 0 aliphatic heterocycles. The summed E-state index contributed by atoms with van der Waals surface area (Å²) in [5.41, 5.74) is 7.04. The minimum absolute atomic E-state index is 0.240. The monoisotopic (exact) mass is 229 g/mol. The van der Waals surface area contributed by atoms with Gasteiger partial charge in [0.2, 0.25) is 0 Å². The van der Waals surface area contributed by atoms with E-state index in [1.165, 1.54) is 18.3 Å². The molecular weight excluding hydrogens is 222 g/mol. The highest BCUT2D eigenvalue weighted by Crippen LogP contribution is 2.27. The van der Waals surface area contributed by atoms with Crippen molar-refractivity contribution in [3.63, 3.8) is 0 Å². The van der Waals surface area contributed by atoms with E-state index in [0.717, 1.165) is 0 Å². The molecule has 0 spiro atoms. The molecule has 0 unspecified atom stereocenters. The van der Waals surface area contributed by atoms with Crippen LogP contribution in [0.2, 0.25) is 0 Å². The van der Waals surface area contributed by atoms with Gasteiger partial charge in [-0.1, -0.05) is 0 Å². The van der Waals surface area contributed by atoms with Crippen LogP contribution < -0.4 is 5.73 Å². The third kappa shape index (κ3) is 1.79. The van der Waals surface area contributed by atoms with Crippen molar-refractivity contribution in [1.82, 2.24) is 9.97 Å². The maximum Gasteiger partial charge on any atom is 0.363 e. The van der Waals surface area contributed by atoms with E-state index in [0.29, 0.717) is 16.7 Å². The Hall–Kier alpha value is -2.88. The van der Waals surface area contributed by atoms with Crippen LogP contribution in [0, 0.1) is 21.4 Å². The molecule has 0 radical (unpaired) electrons. The quantitative estimate of drug-likeness (QED) is 0.595. The van der Waals surface area contributed by atoms with Gasteiger partial charge in [-0.05, 0) is 16.0 Å². The Bertz CT molecular complexity index is 609. The van der Waals surface area contributed by atoms with Crippen molar-refractivity contribution < 1.29 is 4.92 Å². The zero-order chi connectivity index (χ0) is 12.4. The van der Waals surface area contributed by atoms with E-state index >= 15 is 0 Å². The Labute approximate surface area is 95.7 Å². The minimum atomic E-state index is -0.583. The molecule has 0 atom stereocenters. The standard InChI is InChI=1S/C10H7N5O2/c11-3-7-8(5-14-10(7)12)6-1-2-9(13-4-6)15(16)17/h1-2,4-5,14H,12H2. The van der Waals surface area contributed by atoms with Crippen LogP contribution in [0.5, 0.6) is 0 Å². The lowest BCUT2D eigenvalue weighted by atomic mass is 10.1. The molecule has 3 N–H and O–H groups in total. The molecule has 0 fully saturated rings. The highest BCUT2D eigenvalue weighted by atomic mass is 16.6. The van der Waals surface area contributed by atoms with E-state index in [-0.39, 0.29) is 11.6 Å². The molecule has 0 bridgehead atoms. The van der Waals surface area contributed by atoms with Crippen LogP contribution in [0.1, 0.15) is 5.56 Å². The fourth-order valence-corrected chi connectivity index (χ4v) is 1.44. The molecule has 17 heavy (non-hydrogen) atoms. The van der Waals surface area contributed by atoms with Gasteiger partial charge in [-0.2, -0.15) is 5.26 Å². The number of pyridine rings is 1. The van der Waals surface area contributed by atoms with Crippen LogP contribution in [0.4, 0.5) is 11.6 Å². The number of aromatic nitrogens is 2. The number of nitrogen functional groups attached to an aromatic ring is 1. The summed E-state index contributed by atoms with van der Waals surface area (Å²) in [6.07, 6.45) is 2.90. The predicted molar refractivity (Wildman–Crippen MR) is 59.8 cm³/mol. The Morgan fingerprint density at radius 2 is 2.29 bits per heavy atom. The SMILES string of the molecule is N#Cc1c(-c2ccc([N+](=O)[O-])nc2)c[nH]c1N. The number of nitrogens with two attached hydrogens (primary N) is 1. The van der Waals surface area contributed by atoms with Crippen LogP contribution in [-0.2, 0) is 0 Å². The van der Waals surface area contributed by atoms with Crippen LogP contribution in [0.3, 0.4) is 0 Å². The Morgan fingerprint density at radius 1 is 1.53 bits per heavy atom. The second-order valence-corrected chi connectivity index (χ2v) is 3.27. The summed E-state index contributed by atoms with van der Waals surface area (Å²) in [5, 5.41) is 19.4. The maximum atomic E-state index is 10.4. The fraction of sp³-hybridized carbons (Fsp3) is 0. The van der Waals surface area contributed by atoms with Crippen molar-refractivity contribution >= 4 is 11.6 Å². The Kier molecular flexibility index (Phi) is 2.46. The first-order chi connectivity index (χ1) is 8.13. The number of rotatable bonds is 2. The number of nitrogens with zero attached hydrogens (tertiary/aromatic N) is 3. The largest absolute Gasteiger partial charge is 0.384 e. The number of nitriles is 1. The molecule has 2 aromatic heterocycles. The van der Waals surface area contributed by atoms with Crippen molar-refractivity contribution in [3.8, 4) is 17.2 Å². The van der Waals surface area contributed by atoms with Crippen molar-refractivity contribution in [1.29, 1.82) is 5.26 Å². The molecule has 0 amide bonds. The van der Waals surface area contributed by atoms with Gasteiger partial charge in [0, 0.05) is 23.4 Å². The van der Waals surface area contributed by atoms with Gasteiger partial charge in [-0.25, -0.2) is 0 Å². The number of hydrogen-bond acceptors (Lipinski definition) is 5. The van der Waals surface area contributed by atoms with Gasteiger partial charge < -0.3 is 20.8 Å². The van der Waals surface area contributed by atoms with Gasteiger partial charge in [-0.15, -0.1) is 0 Å². The molecule has 2 rings (SSSR count). The molecule has 0 aliphatic rings. The van der Waals surface area contributed by atoms with E-state index < -0.39 is 4.92 Å². The first kappa shape index (κ1) is 10.6. The first-order valence-corrected chi connectivity index (χ1v) is 4.61. The predicted octanol–water partition coefficient (Wildman–Crippen LogP) is 1.44. The lowest BCUT2D eigenvalue weighted by molar-refractivity contribution is -0.389. The fourth-order valence-electron chi connectivity index (χ4n) is 1.44. The molecule has 0 aliphatic carbocycles. The molecule has 0 aromatic carbocycles. The van der Waals surface area contributed by atoms with Crippen LogP contribution >= 0.6 is 0 Å². The Balaban J connectivity index is 2.47. The molecule has 0 saturated heterocycles. The van der Waals surface area contributed by atoms with Crippen LogP contribution in [-0.4, -0.2) is 14.9 Å². The van der Waals surface area contributed by atoms with Gasteiger partial charge in [0.05, 0.1) is 0 Å². The summed E-state index contributed by atoms with van der Waals surface area (Å²) < 4.78 is 0. The summed E-state index contributed by atoms with van der Waals surface area (Å²) in [6.45, 7) is 0. The van der Waals surface area contributed by atoms with Crippen molar-refractivity contribution in [3.05, 3.63) is 40.2 Å². The average molecular weight is 229 g/mol. The third-order valence-corrected chi connectivity index (χ3v) is 2.27. The number of anilines is 1. The number of hydrogen-bond donors (Lipinski definition) is 2. The van der Waals surface area contributed by atoms with Crippen molar-refractivity contribution in [2.45, 2.75) is 0 Å². The van der Waals surface area contributed by atoms with E-state index in [9.17, 15) is 10.1 Å². The Morgan fingerprint density at radius 3 is 2.82 bits per heavy atom. The zero-order valence-electron chi connectivity index (χ0n) is 8.54. The molecule has 0 saturated carbocycles. The molecule has 84 valence electrons. The first-order valence-electron chi connectivity index (χ1n) is 4.61. The molecule has 7 heteroatoms. The summed E-state index contributed by atoms with van der Waals surface area (Å²) in [7, 11) is 0. The number of H-pyrrole nitrogens is 1. The molecular formula is C10H7N5O2.